The molecular weight excluding hydrogens is 588 g/mol. The van der Waals surface area contributed by atoms with Crippen LogP contribution in [0.15, 0.2) is 45.6 Å². The number of phenols is 1. The minimum absolute atomic E-state index is 0.0376. The number of aliphatic hydroxyl groups is 6. The maximum absolute atomic E-state index is 13.8. The van der Waals surface area contributed by atoms with Crippen molar-refractivity contribution in [3.05, 3.63) is 46.6 Å². The number of hydrogen-bond acceptors (Lipinski definition) is 15. The number of hydrogen-bond donors (Lipinski definition) is 7. The third-order valence-electron chi connectivity index (χ3n) is 7.63. The topological polar surface area (TPSA) is 227 Å². The number of aromatic hydroxyl groups is 1. The average molecular weight is 623 g/mol. The summed E-state index contributed by atoms with van der Waals surface area (Å²) in [5.74, 6) is -0.372. The first kappa shape index (κ1) is 31.9. The number of fused-ring (bicyclic) bond motifs is 1. The largest absolute Gasteiger partial charge is 0.507 e. The van der Waals surface area contributed by atoms with Gasteiger partial charge in [0.05, 0.1) is 26.9 Å². The van der Waals surface area contributed by atoms with Gasteiger partial charge < -0.3 is 68.6 Å². The van der Waals surface area contributed by atoms with Crippen molar-refractivity contribution in [3.8, 4) is 34.3 Å². The lowest BCUT2D eigenvalue weighted by molar-refractivity contribution is -0.318. The highest BCUT2D eigenvalue weighted by atomic mass is 16.7. The molecule has 10 atom stereocenters. The summed E-state index contributed by atoms with van der Waals surface area (Å²) in [7, 11) is 2.85. The molecule has 0 saturated carbocycles. The highest BCUT2D eigenvalue weighted by Crippen LogP contribution is 2.38. The molecule has 7 N–H and O–H groups in total. The van der Waals surface area contributed by atoms with Crippen LogP contribution in [-0.2, 0) is 14.2 Å². The van der Waals surface area contributed by atoms with Crippen LogP contribution >= 0.6 is 0 Å². The van der Waals surface area contributed by atoms with Crippen LogP contribution in [0.25, 0.3) is 22.3 Å². The normalized spacial score (nSPS) is 32.4. The van der Waals surface area contributed by atoms with Crippen molar-refractivity contribution in [1.29, 1.82) is 0 Å². The van der Waals surface area contributed by atoms with Crippen molar-refractivity contribution in [2.75, 3.05) is 20.8 Å². The van der Waals surface area contributed by atoms with Crippen LogP contribution in [-0.4, -0.2) is 118 Å². The predicted octanol–water partition coefficient (Wildman–Crippen LogP) is -0.787. The van der Waals surface area contributed by atoms with E-state index in [0.717, 1.165) is 0 Å². The summed E-state index contributed by atoms with van der Waals surface area (Å²) in [5, 5.41) is 72.5. The van der Waals surface area contributed by atoms with Crippen molar-refractivity contribution in [2.45, 2.75) is 68.3 Å². The van der Waals surface area contributed by atoms with Crippen LogP contribution in [0, 0.1) is 0 Å². The Morgan fingerprint density at radius 3 is 2.07 bits per heavy atom. The fourth-order valence-electron chi connectivity index (χ4n) is 5.02. The third kappa shape index (κ3) is 5.93. The monoisotopic (exact) mass is 622 g/mol. The van der Waals surface area contributed by atoms with E-state index in [1.165, 1.54) is 33.3 Å². The minimum atomic E-state index is -1.88. The van der Waals surface area contributed by atoms with Gasteiger partial charge in [0.15, 0.2) is 12.1 Å². The molecule has 2 aliphatic rings. The summed E-state index contributed by atoms with van der Waals surface area (Å²) in [6.07, 6.45) is -15.6. The van der Waals surface area contributed by atoms with E-state index in [0.29, 0.717) is 11.3 Å². The summed E-state index contributed by atoms with van der Waals surface area (Å²) < 4.78 is 38.8. The summed E-state index contributed by atoms with van der Waals surface area (Å²) in [4.78, 5) is 13.8. The fraction of sp³-hybridized carbons (Fsp3) is 0.483. The number of benzene rings is 2. The number of rotatable bonds is 8. The molecule has 3 aromatic rings. The molecule has 2 fully saturated rings. The molecule has 3 heterocycles. The average Bonchev–Trinajstić information content (AvgIpc) is 3.02. The summed E-state index contributed by atoms with van der Waals surface area (Å²) in [6.45, 7) is 0.912. The number of ether oxygens (including phenoxy) is 6. The lowest BCUT2D eigenvalue weighted by Crippen LogP contribution is -2.61. The Balaban J connectivity index is 1.48. The molecule has 2 aliphatic heterocycles. The van der Waals surface area contributed by atoms with Crippen molar-refractivity contribution in [1.82, 2.24) is 0 Å². The molecule has 2 aromatic carbocycles. The van der Waals surface area contributed by atoms with Gasteiger partial charge in [-0.25, -0.2) is 0 Å². The summed E-state index contributed by atoms with van der Waals surface area (Å²) in [6, 6.07) is 8.95. The molecular formula is C29H34O15. The lowest BCUT2D eigenvalue weighted by atomic mass is 9.98. The second-order valence-electron chi connectivity index (χ2n) is 10.5. The van der Waals surface area contributed by atoms with E-state index in [9.17, 15) is 40.5 Å². The van der Waals surface area contributed by atoms with E-state index in [1.807, 2.05) is 0 Å². The number of aliphatic hydroxyl groups excluding tert-OH is 6. The van der Waals surface area contributed by atoms with Crippen LogP contribution in [0.3, 0.4) is 0 Å². The first-order valence-electron chi connectivity index (χ1n) is 13.6. The molecule has 0 spiro atoms. The van der Waals surface area contributed by atoms with Gasteiger partial charge in [-0.3, -0.25) is 4.79 Å². The molecule has 0 aliphatic carbocycles. The minimum Gasteiger partial charge on any atom is -0.507 e. The Morgan fingerprint density at radius 2 is 1.41 bits per heavy atom. The first-order valence-corrected chi connectivity index (χ1v) is 13.6. The van der Waals surface area contributed by atoms with E-state index >= 15 is 0 Å². The summed E-state index contributed by atoms with van der Waals surface area (Å²) >= 11 is 0. The summed E-state index contributed by atoms with van der Waals surface area (Å²) in [5.41, 5.74) is -0.544. The third-order valence-corrected chi connectivity index (χ3v) is 7.63. The standard InChI is InChI=1S/C29H34O15/c1-11-19(31)22(34)24(36)28(41-11)40-10-17-20(32)23(35)25(37)29(43-17)44-27-21(33)18-15(30)8-14(39-3)9-16(18)42-26(27)12-4-6-13(38-2)7-5-12/h4-9,11,17,19-20,22-25,28-32,34-37H,10H2,1-3H3. The molecule has 5 rings (SSSR count). The molecule has 2 saturated heterocycles. The maximum Gasteiger partial charge on any atom is 0.239 e. The van der Waals surface area contributed by atoms with Crippen molar-refractivity contribution in [2.24, 2.45) is 0 Å². The zero-order valence-electron chi connectivity index (χ0n) is 23.8. The van der Waals surface area contributed by atoms with Crippen molar-refractivity contribution < 1.29 is 68.6 Å². The SMILES string of the molecule is COc1ccc(-c2oc3cc(OC)cc(O)c3c(=O)c2OC2OC(COC3OC(C)C(O)C(O)C3O)C(O)C(O)C2O)cc1. The fourth-order valence-corrected chi connectivity index (χ4v) is 5.02. The van der Waals surface area contributed by atoms with E-state index < -0.39 is 84.9 Å². The van der Waals surface area contributed by atoms with Gasteiger partial charge in [-0.15, -0.1) is 0 Å². The smallest absolute Gasteiger partial charge is 0.239 e. The van der Waals surface area contributed by atoms with Crippen molar-refractivity contribution >= 4 is 11.0 Å². The molecule has 10 unspecified atom stereocenters. The van der Waals surface area contributed by atoms with Gasteiger partial charge >= 0.3 is 0 Å². The van der Waals surface area contributed by atoms with E-state index in [4.69, 9.17) is 32.8 Å². The molecule has 15 nitrogen and oxygen atoms in total. The Morgan fingerprint density at radius 1 is 0.773 bits per heavy atom. The van der Waals surface area contributed by atoms with Gasteiger partial charge in [-0.05, 0) is 31.2 Å². The quantitative estimate of drug-likeness (QED) is 0.163. The molecule has 15 heteroatoms. The molecule has 44 heavy (non-hydrogen) atoms. The molecule has 1 aromatic heterocycles. The van der Waals surface area contributed by atoms with E-state index in [-0.39, 0.29) is 22.5 Å². The van der Waals surface area contributed by atoms with E-state index in [1.54, 1.807) is 24.3 Å². The number of phenolic OH excluding ortho intramolecular Hbond substituents is 1. The zero-order chi connectivity index (χ0) is 31.9. The van der Waals surface area contributed by atoms with Gasteiger partial charge in [0.2, 0.25) is 17.5 Å². The van der Waals surface area contributed by atoms with E-state index in [2.05, 4.69) is 0 Å². The molecule has 0 amide bonds. The van der Waals surface area contributed by atoms with Crippen molar-refractivity contribution in [3.63, 3.8) is 0 Å². The Labute approximate surface area is 249 Å². The Kier molecular flexibility index (Phi) is 9.31. The first-order chi connectivity index (χ1) is 20.9. The molecule has 0 radical (unpaired) electrons. The van der Waals surface area contributed by atoms with Crippen LogP contribution in [0.2, 0.25) is 0 Å². The van der Waals surface area contributed by atoms with Crippen LogP contribution in [0.5, 0.6) is 23.0 Å². The molecule has 240 valence electrons. The zero-order valence-corrected chi connectivity index (χ0v) is 23.8. The van der Waals surface area contributed by atoms with Crippen LogP contribution < -0.4 is 19.6 Å². The lowest BCUT2D eigenvalue weighted by Gasteiger charge is -2.42. The second kappa shape index (κ2) is 12.8. The highest BCUT2D eigenvalue weighted by molar-refractivity contribution is 5.88. The van der Waals surface area contributed by atoms with Gasteiger partial charge in [-0.2, -0.15) is 0 Å². The van der Waals surface area contributed by atoms with Crippen LogP contribution in [0.1, 0.15) is 6.92 Å². The Hall–Kier alpha value is -3.51. The number of methoxy groups -OCH3 is 2. The van der Waals surface area contributed by atoms with Gasteiger partial charge in [0, 0.05) is 17.7 Å². The van der Waals surface area contributed by atoms with Gasteiger partial charge in [0.1, 0.15) is 70.9 Å². The van der Waals surface area contributed by atoms with Gasteiger partial charge in [0.25, 0.3) is 0 Å². The second-order valence-corrected chi connectivity index (χ2v) is 10.5. The predicted molar refractivity (Wildman–Crippen MR) is 148 cm³/mol. The molecule has 0 bridgehead atoms. The maximum atomic E-state index is 13.8. The Bertz CT molecular complexity index is 1510. The van der Waals surface area contributed by atoms with Crippen LogP contribution in [0.4, 0.5) is 0 Å². The highest BCUT2D eigenvalue weighted by Gasteiger charge is 2.47. The van der Waals surface area contributed by atoms with Gasteiger partial charge in [-0.1, -0.05) is 0 Å².